The molecule has 0 aliphatic heterocycles. The van der Waals surface area contributed by atoms with Gasteiger partial charge in [-0.2, -0.15) is 5.10 Å². The quantitative estimate of drug-likeness (QED) is 0.928. The highest BCUT2D eigenvalue weighted by atomic mass is 35.5. The number of aromatic nitrogens is 3. The molecule has 0 aliphatic rings. The third-order valence-electron chi connectivity index (χ3n) is 2.24. The molecule has 0 spiro atoms. The molecule has 1 heterocycles. The summed E-state index contributed by atoms with van der Waals surface area (Å²) in [7, 11) is 1.84. The molecular weight excluding hydrogens is 259 g/mol. The van der Waals surface area contributed by atoms with Crippen LogP contribution in [0.25, 0.3) is 0 Å². The van der Waals surface area contributed by atoms with E-state index in [1.165, 1.54) is 0 Å². The van der Waals surface area contributed by atoms with E-state index in [4.69, 9.17) is 23.2 Å². The van der Waals surface area contributed by atoms with Crippen LogP contribution in [0.5, 0.6) is 0 Å². The van der Waals surface area contributed by atoms with Crippen molar-refractivity contribution in [3.8, 4) is 0 Å². The molecule has 1 aromatic carbocycles. The number of nitrogens with one attached hydrogen (secondary N) is 1. The highest BCUT2D eigenvalue weighted by Gasteiger charge is 2.01. The number of hydrogen-bond donors (Lipinski definition) is 1. The van der Waals surface area contributed by atoms with Crippen LogP contribution in [0.1, 0.15) is 11.4 Å². The minimum atomic E-state index is 0.571. The van der Waals surface area contributed by atoms with Crippen LogP contribution < -0.4 is 5.32 Å². The van der Waals surface area contributed by atoms with Gasteiger partial charge in [0.15, 0.2) is 5.82 Å². The second-order valence-corrected chi connectivity index (χ2v) is 4.50. The fourth-order valence-electron chi connectivity index (χ4n) is 1.43. The molecule has 0 fully saturated rings. The van der Waals surface area contributed by atoms with Crippen molar-refractivity contribution in [2.45, 2.75) is 13.1 Å². The lowest BCUT2D eigenvalue weighted by molar-refractivity contribution is 0.649. The molecule has 0 bridgehead atoms. The summed E-state index contributed by atoms with van der Waals surface area (Å²) < 4.78 is 1.68. The molecule has 2 rings (SSSR count). The van der Waals surface area contributed by atoms with E-state index in [0.717, 1.165) is 11.4 Å². The van der Waals surface area contributed by atoms with E-state index in [9.17, 15) is 0 Å². The molecule has 90 valence electrons. The zero-order valence-corrected chi connectivity index (χ0v) is 10.8. The lowest BCUT2D eigenvalue weighted by Crippen LogP contribution is -2.14. The minimum absolute atomic E-state index is 0.571. The first-order valence-electron chi connectivity index (χ1n) is 5.14. The molecule has 0 atom stereocenters. The van der Waals surface area contributed by atoms with Gasteiger partial charge in [0.1, 0.15) is 6.33 Å². The number of nitrogens with zero attached hydrogens (tertiary/aromatic N) is 3. The predicted molar refractivity (Wildman–Crippen MR) is 68.0 cm³/mol. The van der Waals surface area contributed by atoms with E-state index in [2.05, 4.69) is 15.4 Å². The van der Waals surface area contributed by atoms with E-state index in [1.807, 2.05) is 19.2 Å². The summed E-state index contributed by atoms with van der Waals surface area (Å²) in [5.74, 6) is 0.771. The van der Waals surface area contributed by atoms with Crippen molar-refractivity contribution in [2.75, 3.05) is 0 Å². The topological polar surface area (TPSA) is 42.7 Å². The summed E-state index contributed by atoms with van der Waals surface area (Å²) in [6.45, 7) is 1.33. The Morgan fingerprint density at radius 1 is 1.24 bits per heavy atom. The van der Waals surface area contributed by atoms with Gasteiger partial charge >= 0.3 is 0 Å². The van der Waals surface area contributed by atoms with Crippen molar-refractivity contribution in [1.82, 2.24) is 20.1 Å². The number of benzene rings is 1. The molecule has 0 amide bonds. The molecule has 0 radical (unpaired) electrons. The predicted octanol–water partition coefficient (Wildman–Crippen LogP) is 2.41. The van der Waals surface area contributed by atoms with Gasteiger partial charge in [-0.1, -0.05) is 29.3 Å². The number of aryl methyl sites for hydroxylation is 1. The zero-order valence-electron chi connectivity index (χ0n) is 9.32. The maximum Gasteiger partial charge on any atom is 0.164 e. The molecule has 2 aromatic rings. The van der Waals surface area contributed by atoms with Crippen LogP contribution >= 0.6 is 23.2 Å². The molecule has 0 aliphatic carbocycles. The van der Waals surface area contributed by atoms with E-state index < -0.39 is 0 Å². The Bertz CT molecular complexity index is 510. The van der Waals surface area contributed by atoms with Crippen LogP contribution in [0, 0.1) is 0 Å². The van der Waals surface area contributed by atoms with Gasteiger partial charge in [0.05, 0.1) is 16.6 Å². The normalized spacial score (nSPS) is 10.8. The van der Waals surface area contributed by atoms with Crippen molar-refractivity contribution in [3.05, 3.63) is 46.0 Å². The van der Waals surface area contributed by atoms with E-state index >= 15 is 0 Å². The van der Waals surface area contributed by atoms with Gasteiger partial charge in [0.2, 0.25) is 0 Å². The molecule has 17 heavy (non-hydrogen) atoms. The summed E-state index contributed by atoms with van der Waals surface area (Å²) >= 11 is 11.8. The molecule has 0 saturated carbocycles. The van der Waals surface area contributed by atoms with Gasteiger partial charge in [-0.25, -0.2) is 4.98 Å². The second kappa shape index (κ2) is 5.49. The summed E-state index contributed by atoms with van der Waals surface area (Å²) in [4.78, 5) is 4.12. The lowest BCUT2D eigenvalue weighted by atomic mass is 10.2. The summed E-state index contributed by atoms with van der Waals surface area (Å²) in [6, 6.07) is 5.58. The summed E-state index contributed by atoms with van der Waals surface area (Å²) in [6.07, 6.45) is 1.68. The number of hydrogen-bond acceptors (Lipinski definition) is 3. The fourth-order valence-corrected chi connectivity index (χ4v) is 1.75. The van der Waals surface area contributed by atoms with Crippen LogP contribution in [0.2, 0.25) is 10.0 Å². The van der Waals surface area contributed by atoms with Gasteiger partial charge in [-0.15, -0.1) is 0 Å². The Morgan fingerprint density at radius 3 is 2.71 bits per heavy atom. The number of rotatable bonds is 4. The summed E-state index contributed by atoms with van der Waals surface area (Å²) in [5.41, 5.74) is 1.08. The van der Waals surface area contributed by atoms with Crippen LogP contribution in [-0.4, -0.2) is 14.8 Å². The number of halogens is 2. The van der Waals surface area contributed by atoms with Crippen molar-refractivity contribution in [1.29, 1.82) is 0 Å². The summed E-state index contributed by atoms with van der Waals surface area (Å²) in [5, 5.41) is 8.55. The molecule has 1 N–H and O–H groups in total. The van der Waals surface area contributed by atoms with E-state index in [0.29, 0.717) is 23.1 Å². The van der Waals surface area contributed by atoms with Crippen LogP contribution in [0.3, 0.4) is 0 Å². The Balaban J connectivity index is 1.87. The molecular formula is C11H12Cl2N4. The standard InChI is InChI=1S/C11H12Cl2N4/c1-17-7-15-11(16-17)6-14-5-8-2-3-9(12)10(13)4-8/h2-4,7,14H,5-6H2,1H3. The van der Waals surface area contributed by atoms with E-state index in [-0.39, 0.29) is 0 Å². The van der Waals surface area contributed by atoms with Gasteiger partial charge in [-0.05, 0) is 17.7 Å². The first-order chi connectivity index (χ1) is 8.15. The molecule has 0 saturated heterocycles. The first-order valence-corrected chi connectivity index (χ1v) is 5.90. The van der Waals surface area contributed by atoms with Crippen molar-refractivity contribution in [2.24, 2.45) is 7.05 Å². The van der Waals surface area contributed by atoms with Crippen LogP contribution in [-0.2, 0) is 20.1 Å². The van der Waals surface area contributed by atoms with Crippen LogP contribution in [0.4, 0.5) is 0 Å². The van der Waals surface area contributed by atoms with Gasteiger partial charge in [0, 0.05) is 13.6 Å². The average molecular weight is 271 g/mol. The fraction of sp³-hybridized carbons (Fsp3) is 0.273. The van der Waals surface area contributed by atoms with Gasteiger partial charge in [-0.3, -0.25) is 4.68 Å². The smallest absolute Gasteiger partial charge is 0.164 e. The van der Waals surface area contributed by atoms with Gasteiger partial charge in [0.25, 0.3) is 0 Å². The maximum atomic E-state index is 5.93. The maximum absolute atomic E-state index is 5.93. The lowest BCUT2D eigenvalue weighted by Gasteiger charge is -2.04. The van der Waals surface area contributed by atoms with Crippen LogP contribution in [0.15, 0.2) is 24.5 Å². The third-order valence-corrected chi connectivity index (χ3v) is 2.98. The molecule has 6 heteroatoms. The SMILES string of the molecule is Cn1cnc(CNCc2ccc(Cl)c(Cl)c2)n1. The second-order valence-electron chi connectivity index (χ2n) is 3.69. The van der Waals surface area contributed by atoms with E-state index in [1.54, 1.807) is 17.1 Å². The van der Waals surface area contributed by atoms with Crippen molar-refractivity contribution in [3.63, 3.8) is 0 Å². The highest BCUT2D eigenvalue weighted by Crippen LogP contribution is 2.22. The Labute approximate surface area is 110 Å². The minimum Gasteiger partial charge on any atom is -0.306 e. The zero-order chi connectivity index (χ0) is 12.3. The average Bonchev–Trinajstić information content (AvgIpc) is 2.70. The largest absolute Gasteiger partial charge is 0.306 e. The Morgan fingerprint density at radius 2 is 2.06 bits per heavy atom. The third kappa shape index (κ3) is 3.43. The Kier molecular flexibility index (Phi) is 3.99. The first kappa shape index (κ1) is 12.4. The molecule has 1 aromatic heterocycles. The van der Waals surface area contributed by atoms with Gasteiger partial charge < -0.3 is 5.32 Å². The van der Waals surface area contributed by atoms with Crippen molar-refractivity contribution >= 4 is 23.2 Å². The highest BCUT2D eigenvalue weighted by molar-refractivity contribution is 6.42. The Hall–Kier alpha value is -1.10. The molecule has 0 unspecified atom stereocenters. The molecule has 4 nitrogen and oxygen atoms in total. The monoisotopic (exact) mass is 270 g/mol. The van der Waals surface area contributed by atoms with Crippen molar-refractivity contribution < 1.29 is 0 Å².